The van der Waals surface area contributed by atoms with E-state index in [1.165, 1.54) is 39.2 Å². The molecule has 1 aromatic carbocycles. The molecule has 3 N–H and O–H groups in total. The first-order valence-electron chi connectivity index (χ1n) is 10.6. The van der Waals surface area contributed by atoms with Crippen LogP contribution in [0.5, 0.6) is 0 Å². The summed E-state index contributed by atoms with van der Waals surface area (Å²) in [4.78, 5) is 4.87. The molecule has 0 aromatic heterocycles. The van der Waals surface area contributed by atoms with Gasteiger partial charge in [0.25, 0.3) is 0 Å². The fourth-order valence-corrected chi connectivity index (χ4v) is 4.56. The fraction of sp³-hybridized carbons (Fsp3) is 0.667. The maximum Gasteiger partial charge on any atom is 0.240 e. The molecule has 2 rings (SSSR count). The van der Waals surface area contributed by atoms with E-state index in [2.05, 4.69) is 20.3 Å². The van der Waals surface area contributed by atoms with Crippen molar-refractivity contribution in [3.63, 3.8) is 0 Å². The zero-order chi connectivity index (χ0) is 21.0. The third-order valence-corrected chi connectivity index (χ3v) is 6.63. The average molecular weight is 553 g/mol. The second-order valence-electron chi connectivity index (χ2n) is 7.45. The first kappa shape index (κ1) is 27.1. The van der Waals surface area contributed by atoms with Crippen molar-refractivity contribution in [1.29, 1.82) is 0 Å². The van der Waals surface area contributed by atoms with Crippen LogP contribution in [0.2, 0.25) is 0 Å². The van der Waals surface area contributed by atoms with Gasteiger partial charge in [-0.2, -0.15) is 0 Å². The molecule has 1 aliphatic carbocycles. The van der Waals surface area contributed by atoms with Gasteiger partial charge in [0.2, 0.25) is 10.0 Å². The maximum absolute atomic E-state index is 12.2. The van der Waals surface area contributed by atoms with Crippen molar-refractivity contribution in [2.24, 2.45) is 10.9 Å². The Hall–Kier alpha value is -0.910. The summed E-state index contributed by atoms with van der Waals surface area (Å²) in [5, 5.41) is 6.67. The zero-order valence-corrected chi connectivity index (χ0v) is 21.3. The van der Waals surface area contributed by atoms with Crippen LogP contribution in [0.3, 0.4) is 0 Å². The van der Waals surface area contributed by atoms with E-state index in [0.717, 1.165) is 37.0 Å². The molecule has 30 heavy (non-hydrogen) atoms. The highest BCUT2D eigenvalue weighted by Gasteiger charge is 2.14. The number of aliphatic imine (C=N–C) groups is 1. The van der Waals surface area contributed by atoms with E-state index >= 15 is 0 Å². The molecule has 1 aliphatic rings. The number of rotatable bonds is 12. The third kappa shape index (κ3) is 9.93. The molecule has 1 aromatic rings. The average Bonchev–Trinajstić information content (AvgIpc) is 3.23. The minimum absolute atomic E-state index is 0. The Morgan fingerprint density at radius 2 is 1.83 bits per heavy atom. The van der Waals surface area contributed by atoms with Crippen molar-refractivity contribution < 1.29 is 13.2 Å². The quantitative estimate of drug-likeness (QED) is 0.160. The molecule has 0 radical (unpaired) electrons. The Kier molecular flexibility index (Phi) is 13.5. The van der Waals surface area contributed by atoms with E-state index in [-0.39, 0.29) is 35.4 Å². The lowest BCUT2D eigenvalue weighted by Crippen LogP contribution is -2.37. The summed E-state index contributed by atoms with van der Waals surface area (Å²) in [6, 6.07) is 6.83. The number of hydrogen-bond donors (Lipinski definition) is 3. The summed E-state index contributed by atoms with van der Waals surface area (Å²) in [6.07, 6.45) is 8.03. The molecule has 0 atom stereocenters. The van der Waals surface area contributed by atoms with Crippen LogP contribution in [0.1, 0.15) is 51.0 Å². The van der Waals surface area contributed by atoms with Gasteiger partial charge in [0.1, 0.15) is 0 Å². The van der Waals surface area contributed by atoms with Crippen LogP contribution in [-0.2, 0) is 21.3 Å². The van der Waals surface area contributed by atoms with Gasteiger partial charge in [-0.1, -0.05) is 37.8 Å². The van der Waals surface area contributed by atoms with Crippen molar-refractivity contribution in [3.8, 4) is 0 Å². The molecule has 0 heterocycles. The van der Waals surface area contributed by atoms with Gasteiger partial charge >= 0.3 is 0 Å². The molecule has 0 saturated heterocycles. The molecule has 0 bridgehead atoms. The van der Waals surface area contributed by atoms with Crippen molar-refractivity contribution in [2.75, 3.05) is 33.4 Å². The normalized spacial score (nSPS) is 15.1. The van der Waals surface area contributed by atoms with Gasteiger partial charge in [0.15, 0.2) is 5.96 Å². The smallest absolute Gasteiger partial charge is 0.240 e. The number of guanidine groups is 1. The van der Waals surface area contributed by atoms with Crippen LogP contribution in [-0.4, -0.2) is 47.7 Å². The highest BCUT2D eigenvalue weighted by molar-refractivity contribution is 14.0. The van der Waals surface area contributed by atoms with Gasteiger partial charge in [-0.05, 0) is 43.4 Å². The number of sulfonamides is 1. The highest BCUT2D eigenvalue weighted by atomic mass is 127. The van der Waals surface area contributed by atoms with E-state index in [1.54, 1.807) is 24.3 Å². The Morgan fingerprint density at radius 1 is 1.13 bits per heavy atom. The Morgan fingerprint density at radius 3 is 2.47 bits per heavy atom. The van der Waals surface area contributed by atoms with Gasteiger partial charge in [0, 0.05) is 26.7 Å². The van der Waals surface area contributed by atoms with Crippen molar-refractivity contribution >= 4 is 40.0 Å². The number of nitrogens with one attached hydrogen (secondary N) is 3. The van der Waals surface area contributed by atoms with E-state index in [1.807, 2.05) is 6.92 Å². The van der Waals surface area contributed by atoms with Crippen LogP contribution in [0.4, 0.5) is 0 Å². The van der Waals surface area contributed by atoms with Gasteiger partial charge in [-0.3, -0.25) is 0 Å². The Labute approximate surface area is 198 Å². The predicted octanol–water partition coefficient (Wildman–Crippen LogP) is 3.25. The first-order valence-corrected chi connectivity index (χ1v) is 12.1. The van der Waals surface area contributed by atoms with Crippen LogP contribution >= 0.6 is 24.0 Å². The minimum Gasteiger partial charge on any atom is -0.383 e. The minimum atomic E-state index is -3.50. The molecule has 7 nitrogen and oxygen atoms in total. The number of halogens is 1. The summed E-state index contributed by atoms with van der Waals surface area (Å²) in [7, 11) is -1.96. The number of ether oxygens (including phenoxy) is 1. The second-order valence-corrected chi connectivity index (χ2v) is 9.22. The Balaban J connectivity index is 0.00000450. The lowest BCUT2D eigenvalue weighted by atomic mass is 10.0. The molecular formula is C21H37IN4O3S. The summed E-state index contributed by atoms with van der Waals surface area (Å²) < 4.78 is 31.8. The maximum atomic E-state index is 12.2. The van der Waals surface area contributed by atoms with Gasteiger partial charge in [0.05, 0.1) is 18.0 Å². The van der Waals surface area contributed by atoms with Crippen molar-refractivity contribution in [2.45, 2.75) is 56.9 Å². The SMILES string of the molecule is CCNC(=NCc1ccc(S(=O)(=O)NCCOC)cc1)NCCCC1CCCC1.I. The number of benzene rings is 1. The lowest BCUT2D eigenvalue weighted by Gasteiger charge is -2.13. The monoisotopic (exact) mass is 552 g/mol. The molecule has 9 heteroatoms. The summed E-state index contributed by atoms with van der Waals surface area (Å²) in [5.41, 5.74) is 0.962. The molecule has 0 aliphatic heterocycles. The van der Waals surface area contributed by atoms with Gasteiger partial charge < -0.3 is 15.4 Å². The van der Waals surface area contributed by atoms with Gasteiger partial charge in [-0.15, -0.1) is 24.0 Å². The zero-order valence-electron chi connectivity index (χ0n) is 18.2. The number of nitrogens with zero attached hydrogens (tertiary/aromatic N) is 1. The van der Waals surface area contributed by atoms with Crippen molar-refractivity contribution in [1.82, 2.24) is 15.4 Å². The standard InChI is InChI=1S/C21H36N4O3S.HI/c1-3-22-21(23-14-6-9-18-7-4-5-8-18)24-17-19-10-12-20(13-11-19)29(26,27)25-15-16-28-2;/h10-13,18,25H,3-9,14-17H2,1-2H3,(H2,22,23,24);1H. The summed E-state index contributed by atoms with van der Waals surface area (Å²) in [5.74, 6) is 1.71. The van der Waals surface area contributed by atoms with E-state index in [9.17, 15) is 8.42 Å². The van der Waals surface area contributed by atoms with Crippen LogP contribution < -0.4 is 15.4 Å². The highest BCUT2D eigenvalue weighted by Crippen LogP contribution is 2.28. The summed E-state index contributed by atoms with van der Waals surface area (Å²) in [6.45, 7) is 4.86. The number of hydrogen-bond acceptors (Lipinski definition) is 4. The molecule has 0 amide bonds. The van der Waals surface area contributed by atoms with Crippen LogP contribution in [0, 0.1) is 5.92 Å². The predicted molar refractivity (Wildman–Crippen MR) is 133 cm³/mol. The molecule has 0 unspecified atom stereocenters. The molecular weight excluding hydrogens is 515 g/mol. The van der Waals surface area contributed by atoms with Gasteiger partial charge in [-0.25, -0.2) is 18.1 Å². The van der Waals surface area contributed by atoms with E-state index < -0.39 is 10.0 Å². The topological polar surface area (TPSA) is 91.8 Å². The van der Waals surface area contributed by atoms with E-state index in [4.69, 9.17) is 4.74 Å². The largest absolute Gasteiger partial charge is 0.383 e. The van der Waals surface area contributed by atoms with Crippen LogP contribution in [0.25, 0.3) is 0 Å². The van der Waals surface area contributed by atoms with E-state index in [0.29, 0.717) is 13.2 Å². The van der Waals surface area contributed by atoms with Crippen molar-refractivity contribution in [3.05, 3.63) is 29.8 Å². The fourth-order valence-electron chi connectivity index (χ4n) is 3.54. The molecule has 0 spiro atoms. The third-order valence-electron chi connectivity index (χ3n) is 5.15. The van der Waals surface area contributed by atoms with Crippen LogP contribution in [0.15, 0.2) is 34.2 Å². The molecule has 1 saturated carbocycles. The molecule has 1 fully saturated rings. The number of methoxy groups -OCH3 is 1. The second kappa shape index (κ2) is 15.0. The molecule has 172 valence electrons. The first-order chi connectivity index (χ1) is 14.0. The summed E-state index contributed by atoms with van der Waals surface area (Å²) >= 11 is 0. The lowest BCUT2D eigenvalue weighted by molar-refractivity contribution is 0.204. The Bertz CT molecular complexity index is 720.